The molecular weight excluding hydrogens is 272 g/mol. The number of rotatable bonds is 4. The van der Waals surface area contributed by atoms with E-state index in [0.717, 1.165) is 29.0 Å². The molecule has 1 N–H and O–H groups in total. The van der Waals surface area contributed by atoms with Crippen LogP contribution in [0.4, 0.5) is 0 Å². The summed E-state index contributed by atoms with van der Waals surface area (Å²) in [5.74, 6) is 0.827. The van der Waals surface area contributed by atoms with Crippen LogP contribution in [0.15, 0.2) is 53.1 Å². The van der Waals surface area contributed by atoms with Gasteiger partial charge >= 0.3 is 0 Å². The van der Waals surface area contributed by atoms with Crippen molar-refractivity contribution >= 4 is 22.6 Å². The third-order valence-electron chi connectivity index (χ3n) is 3.20. The molecule has 0 spiro atoms. The van der Waals surface area contributed by atoms with Gasteiger partial charge < -0.3 is 9.73 Å². The summed E-state index contributed by atoms with van der Waals surface area (Å²) in [6, 6.07) is 13.5. The smallest absolute Gasteiger partial charge is 0.134 e. The highest BCUT2D eigenvalue weighted by Crippen LogP contribution is 2.30. The van der Waals surface area contributed by atoms with Gasteiger partial charge in [-0.2, -0.15) is 0 Å². The second-order valence-electron chi connectivity index (χ2n) is 4.55. The Morgan fingerprint density at radius 3 is 2.85 bits per heavy atom. The Hall–Kier alpha value is -1.84. The van der Waals surface area contributed by atoms with Gasteiger partial charge in [-0.1, -0.05) is 36.7 Å². The predicted molar refractivity (Wildman–Crippen MR) is 81.0 cm³/mol. The molecule has 3 nitrogen and oxygen atoms in total. The number of para-hydroxylation sites is 1. The van der Waals surface area contributed by atoms with E-state index in [9.17, 15) is 0 Å². The summed E-state index contributed by atoms with van der Waals surface area (Å²) in [7, 11) is 0. The molecule has 0 radical (unpaired) electrons. The van der Waals surface area contributed by atoms with Crippen molar-refractivity contribution in [2.24, 2.45) is 0 Å². The molecule has 20 heavy (non-hydrogen) atoms. The number of hydrogen-bond acceptors (Lipinski definition) is 3. The van der Waals surface area contributed by atoms with Crippen molar-refractivity contribution in [3.8, 4) is 0 Å². The molecule has 0 amide bonds. The monoisotopic (exact) mass is 286 g/mol. The molecule has 3 rings (SSSR count). The first kappa shape index (κ1) is 13.2. The summed E-state index contributed by atoms with van der Waals surface area (Å²) < 4.78 is 5.93. The maximum absolute atomic E-state index is 6.26. The van der Waals surface area contributed by atoms with Crippen LogP contribution in [-0.2, 0) is 0 Å². The molecule has 0 aliphatic rings. The fourth-order valence-corrected chi connectivity index (χ4v) is 2.52. The van der Waals surface area contributed by atoms with Crippen LogP contribution in [0.2, 0.25) is 5.02 Å². The molecule has 0 aliphatic carbocycles. The van der Waals surface area contributed by atoms with E-state index in [1.807, 2.05) is 49.4 Å². The first-order chi connectivity index (χ1) is 9.79. The highest BCUT2D eigenvalue weighted by molar-refractivity contribution is 6.31. The lowest BCUT2D eigenvalue weighted by Crippen LogP contribution is -2.22. The molecule has 0 saturated carbocycles. The molecule has 0 saturated heterocycles. The molecule has 0 aliphatic heterocycles. The van der Waals surface area contributed by atoms with Gasteiger partial charge in [0, 0.05) is 11.6 Å². The number of hydrogen-bond donors (Lipinski definition) is 1. The Balaban J connectivity index is 2.08. The Morgan fingerprint density at radius 1 is 1.25 bits per heavy atom. The average molecular weight is 287 g/mol. The summed E-state index contributed by atoms with van der Waals surface area (Å²) >= 11 is 6.26. The van der Waals surface area contributed by atoms with Gasteiger partial charge in [0.2, 0.25) is 0 Å². The lowest BCUT2D eigenvalue weighted by molar-refractivity contribution is 0.471. The van der Waals surface area contributed by atoms with Crippen LogP contribution in [0.5, 0.6) is 0 Å². The van der Waals surface area contributed by atoms with Gasteiger partial charge in [0.1, 0.15) is 17.4 Å². The van der Waals surface area contributed by atoms with Crippen LogP contribution in [0.1, 0.15) is 24.4 Å². The number of aromatic nitrogens is 1. The highest BCUT2D eigenvalue weighted by atomic mass is 35.5. The molecule has 1 aromatic carbocycles. The van der Waals surface area contributed by atoms with Crippen LogP contribution >= 0.6 is 11.6 Å². The SMILES string of the molecule is CCNC(c1cc2ccccc2o1)c1ncccc1Cl. The molecule has 2 heterocycles. The molecule has 102 valence electrons. The molecule has 0 bridgehead atoms. The lowest BCUT2D eigenvalue weighted by Gasteiger charge is -2.15. The van der Waals surface area contributed by atoms with Crippen molar-refractivity contribution in [2.45, 2.75) is 13.0 Å². The fraction of sp³-hybridized carbons (Fsp3) is 0.188. The molecule has 1 atom stereocenters. The second-order valence-corrected chi connectivity index (χ2v) is 4.95. The molecule has 3 aromatic rings. The van der Waals surface area contributed by atoms with Crippen molar-refractivity contribution in [2.75, 3.05) is 6.54 Å². The number of pyridine rings is 1. The van der Waals surface area contributed by atoms with E-state index in [-0.39, 0.29) is 6.04 Å². The fourth-order valence-electron chi connectivity index (χ4n) is 2.29. The van der Waals surface area contributed by atoms with Gasteiger partial charge in [-0.3, -0.25) is 4.98 Å². The molecule has 1 unspecified atom stereocenters. The number of nitrogens with zero attached hydrogens (tertiary/aromatic N) is 1. The van der Waals surface area contributed by atoms with Crippen LogP contribution in [0.25, 0.3) is 11.0 Å². The Labute approximate surface area is 122 Å². The van der Waals surface area contributed by atoms with E-state index >= 15 is 0 Å². The lowest BCUT2D eigenvalue weighted by atomic mass is 10.1. The normalized spacial score (nSPS) is 12.7. The standard InChI is InChI=1S/C16H15ClN2O/c1-2-18-16(15-12(17)7-5-9-19-15)14-10-11-6-3-4-8-13(11)20-14/h3-10,16,18H,2H2,1H3. The summed E-state index contributed by atoms with van der Waals surface area (Å²) in [4.78, 5) is 4.39. The summed E-state index contributed by atoms with van der Waals surface area (Å²) in [5, 5.41) is 5.10. The third-order valence-corrected chi connectivity index (χ3v) is 3.52. The minimum Gasteiger partial charge on any atom is -0.459 e. The van der Waals surface area contributed by atoms with Gasteiger partial charge in [-0.25, -0.2) is 0 Å². The maximum atomic E-state index is 6.26. The summed E-state index contributed by atoms with van der Waals surface area (Å²) in [6.45, 7) is 2.85. The quantitative estimate of drug-likeness (QED) is 0.782. The molecule has 0 fully saturated rings. The molecule has 2 aromatic heterocycles. The number of halogens is 1. The van der Waals surface area contributed by atoms with Crippen molar-refractivity contribution in [1.29, 1.82) is 0 Å². The van der Waals surface area contributed by atoms with Gasteiger partial charge in [-0.15, -0.1) is 0 Å². The minimum absolute atomic E-state index is 0.138. The van der Waals surface area contributed by atoms with Crippen molar-refractivity contribution < 1.29 is 4.42 Å². The maximum Gasteiger partial charge on any atom is 0.134 e. The van der Waals surface area contributed by atoms with Gasteiger partial charge in [-0.05, 0) is 30.8 Å². The third kappa shape index (κ3) is 2.42. The van der Waals surface area contributed by atoms with Crippen LogP contribution < -0.4 is 5.32 Å². The van der Waals surface area contributed by atoms with Crippen molar-refractivity contribution in [1.82, 2.24) is 10.3 Å². The first-order valence-corrected chi connectivity index (χ1v) is 6.99. The summed E-state index contributed by atoms with van der Waals surface area (Å²) in [6.07, 6.45) is 1.74. The van der Waals surface area contributed by atoms with Gasteiger partial charge in [0.25, 0.3) is 0 Å². The second kappa shape index (κ2) is 5.65. The zero-order chi connectivity index (χ0) is 13.9. The zero-order valence-electron chi connectivity index (χ0n) is 11.1. The van der Waals surface area contributed by atoms with Crippen LogP contribution in [0, 0.1) is 0 Å². The first-order valence-electron chi connectivity index (χ1n) is 6.62. The van der Waals surface area contributed by atoms with Crippen molar-refractivity contribution in [3.05, 3.63) is 65.1 Å². The van der Waals surface area contributed by atoms with E-state index in [1.165, 1.54) is 0 Å². The topological polar surface area (TPSA) is 38.1 Å². The Bertz CT molecular complexity index is 690. The van der Waals surface area contributed by atoms with E-state index in [4.69, 9.17) is 16.0 Å². The Morgan fingerprint density at radius 2 is 2.10 bits per heavy atom. The van der Waals surface area contributed by atoms with E-state index in [1.54, 1.807) is 6.20 Å². The molecule has 4 heteroatoms. The van der Waals surface area contributed by atoms with E-state index in [2.05, 4.69) is 10.3 Å². The highest BCUT2D eigenvalue weighted by Gasteiger charge is 2.21. The van der Waals surface area contributed by atoms with Crippen LogP contribution in [-0.4, -0.2) is 11.5 Å². The summed E-state index contributed by atoms with van der Waals surface area (Å²) in [5.41, 5.74) is 1.66. The Kier molecular flexibility index (Phi) is 3.72. The zero-order valence-corrected chi connectivity index (χ0v) is 11.9. The minimum atomic E-state index is -0.138. The van der Waals surface area contributed by atoms with Gasteiger partial charge in [0.15, 0.2) is 0 Å². The number of nitrogens with one attached hydrogen (secondary N) is 1. The van der Waals surface area contributed by atoms with E-state index in [0.29, 0.717) is 5.02 Å². The molecular formula is C16H15ClN2O. The predicted octanol–water partition coefficient (Wildman–Crippen LogP) is 4.18. The van der Waals surface area contributed by atoms with Gasteiger partial charge in [0.05, 0.1) is 10.7 Å². The number of benzene rings is 1. The largest absolute Gasteiger partial charge is 0.459 e. The van der Waals surface area contributed by atoms with E-state index < -0.39 is 0 Å². The van der Waals surface area contributed by atoms with Crippen molar-refractivity contribution in [3.63, 3.8) is 0 Å². The van der Waals surface area contributed by atoms with Crippen LogP contribution in [0.3, 0.4) is 0 Å². The number of fused-ring (bicyclic) bond motifs is 1. The average Bonchev–Trinajstić information content (AvgIpc) is 2.89. The number of furan rings is 1.